The molecule has 0 spiro atoms. The molecule has 0 radical (unpaired) electrons. The Morgan fingerprint density at radius 2 is 0.674 bits per heavy atom. The zero-order chi connectivity index (χ0) is 63.1. The van der Waals surface area contributed by atoms with Crippen molar-refractivity contribution in [3.05, 3.63) is 294 Å². The van der Waals surface area contributed by atoms with Crippen LogP contribution >= 0.6 is 11.6 Å². The molecule has 12 aromatic carbocycles. The maximum absolute atomic E-state index is 6.30. The van der Waals surface area contributed by atoms with Gasteiger partial charge in [0.25, 0.3) is 0 Å². The fourth-order valence-electron chi connectivity index (χ4n) is 13.6. The van der Waals surface area contributed by atoms with Gasteiger partial charge in [0.2, 0.25) is 0 Å². The maximum Gasteiger partial charge on any atom is 0.494 e. The molecule has 0 amide bonds. The van der Waals surface area contributed by atoms with Gasteiger partial charge in [-0.1, -0.05) is 246 Å². The minimum Gasteiger partial charge on any atom is -0.399 e. The highest BCUT2D eigenvalue weighted by molar-refractivity contribution is 6.62. The molecule has 446 valence electrons. The van der Waals surface area contributed by atoms with Gasteiger partial charge in [0.1, 0.15) is 0 Å². The smallest absolute Gasteiger partial charge is 0.399 e. The lowest BCUT2D eigenvalue weighted by atomic mass is 9.74. The fourth-order valence-corrected chi connectivity index (χ4v) is 13.8. The lowest BCUT2D eigenvalue weighted by Gasteiger charge is -2.32. The summed E-state index contributed by atoms with van der Waals surface area (Å²) < 4.78 is 12.6. The summed E-state index contributed by atoms with van der Waals surface area (Å²) in [6, 6.07) is 93.5. The molecule has 0 saturated carbocycles. The number of aromatic nitrogens is 4. The van der Waals surface area contributed by atoms with E-state index in [0.717, 1.165) is 72.6 Å². The quantitative estimate of drug-likeness (QED) is 0.155. The molecule has 8 heteroatoms. The second-order valence-electron chi connectivity index (χ2n) is 26.5. The summed E-state index contributed by atoms with van der Waals surface area (Å²) in [5, 5.41) is 7.88. The minimum absolute atomic E-state index is 0.0473. The number of hydrogen-bond donors (Lipinski definition) is 0. The van der Waals surface area contributed by atoms with Crippen LogP contribution in [0.15, 0.2) is 267 Å². The molecule has 17 rings (SSSR count). The Kier molecular flexibility index (Phi) is 14.5. The molecular weight excluding hydrogens is 1140 g/mol. The SMILES string of the molecule is CC1(C)c2cc(-c3ccc4nc(-c5ccccc5)nc(-c5ccccc5)c4c3)ccc2-c2cc3ccccc3cc21.CC1(C)c2cc(B3OC(C)(C)C(C)(C)O3)ccc2-c2cc3ccccc3cc21.Clc1ccc2nc(-c3ccccc3)nc(-c3ccccc3)c2c1. The van der Waals surface area contributed by atoms with E-state index in [0.29, 0.717) is 5.02 Å². The summed E-state index contributed by atoms with van der Waals surface area (Å²) in [4.78, 5) is 19.6. The summed E-state index contributed by atoms with van der Waals surface area (Å²) in [5.41, 5.74) is 21.4. The second-order valence-corrected chi connectivity index (χ2v) is 27.0. The summed E-state index contributed by atoms with van der Waals surface area (Å²) in [5.74, 6) is 1.47. The van der Waals surface area contributed by atoms with Crippen LogP contribution in [0.2, 0.25) is 5.02 Å². The Labute approximate surface area is 543 Å². The molecule has 1 fully saturated rings. The van der Waals surface area contributed by atoms with E-state index in [1.807, 2.05) is 91.0 Å². The lowest BCUT2D eigenvalue weighted by Crippen LogP contribution is -2.41. The molecule has 2 aromatic heterocycles. The molecule has 1 aliphatic heterocycles. The van der Waals surface area contributed by atoms with Crippen molar-refractivity contribution >= 4 is 67.5 Å². The van der Waals surface area contributed by atoms with Crippen LogP contribution in [0, 0.1) is 0 Å². The number of nitrogens with zero attached hydrogens (tertiary/aromatic N) is 4. The zero-order valence-electron chi connectivity index (χ0n) is 53.0. The fraction of sp³-hybridized carbons (Fsp3) is 0.143. The highest BCUT2D eigenvalue weighted by atomic mass is 35.5. The van der Waals surface area contributed by atoms with Gasteiger partial charge in [-0.05, 0) is 171 Å². The summed E-state index contributed by atoms with van der Waals surface area (Å²) >= 11 is 6.18. The maximum atomic E-state index is 6.30. The Balaban J connectivity index is 0.000000120. The molecule has 3 heterocycles. The number of benzene rings is 12. The lowest BCUT2D eigenvalue weighted by molar-refractivity contribution is 0.00578. The van der Waals surface area contributed by atoms with Crippen molar-refractivity contribution in [3.63, 3.8) is 0 Å². The monoisotopic (exact) mass is 1210 g/mol. The molecule has 2 aliphatic carbocycles. The van der Waals surface area contributed by atoms with E-state index < -0.39 is 0 Å². The molecule has 14 aromatic rings. The van der Waals surface area contributed by atoms with Crippen LogP contribution in [0.25, 0.3) is 122 Å². The van der Waals surface area contributed by atoms with Gasteiger partial charge in [0, 0.05) is 48.9 Å². The predicted molar refractivity (Wildman–Crippen MR) is 384 cm³/mol. The van der Waals surface area contributed by atoms with Crippen LogP contribution in [-0.4, -0.2) is 38.3 Å². The van der Waals surface area contributed by atoms with Gasteiger partial charge in [-0.2, -0.15) is 0 Å². The third-order valence-electron chi connectivity index (χ3n) is 19.5. The van der Waals surface area contributed by atoms with Gasteiger partial charge in [-0.3, -0.25) is 0 Å². The van der Waals surface area contributed by atoms with E-state index in [1.54, 1.807) is 0 Å². The van der Waals surface area contributed by atoms with E-state index in [9.17, 15) is 0 Å². The number of fused-ring (bicyclic) bond motifs is 10. The average molecular weight is 1210 g/mol. The van der Waals surface area contributed by atoms with Crippen molar-refractivity contribution in [1.82, 2.24) is 19.9 Å². The highest BCUT2D eigenvalue weighted by Gasteiger charge is 2.52. The van der Waals surface area contributed by atoms with Gasteiger partial charge < -0.3 is 9.31 Å². The Bertz CT molecular complexity index is 5170. The van der Waals surface area contributed by atoms with Crippen molar-refractivity contribution in [2.75, 3.05) is 0 Å². The Hall–Kier alpha value is -9.89. The first-order chi connectivity index (χ1) is 44.5. The van der Waals surface area contributed by atoms with Gasteiger partial charge in [-0.15, -0.1) is 0 Å². The number of halogens is 1. The first-order valence-electron chi connectivity index (χ1n) is 31.7. The van der Waals surface area contributed by atoms with Crippen molar-refractivity contribution in [2.45, 2.75) is 77.4 Å². The Morgan fingerprint density at radius 1 is 0.304 bits per heavy atom. The molecule has 0 atom stereocenters. The number of rotatable bonds is 6. The molecule has 3 aliphatic rings. The van der Waals surface area contributed by atoms with Crippen molar-refractivity contribution < 1.29 is 9.31 Å². The van der Waals surface area contributed by atoms with Crippen LogP contribution in [0.1, 0.15) is 77.6 Å². The first-order valence-corrected chi connectivity index (χ1v) is 32.1. The third-order valence-corrected chi connectivity index (χ3v) is 19.7. The molecule has 1 saturated heterocycles. The average Bonchev–Trinajstić information content (AvgIpc) is 1.56. The summed E-state index contributed by atoms with van der Waals surface area (Å²) in [6.45, 7) is 17.8. The van der Waals surface area contributed by atoms with E-state index in [-0.39, 0.29) is 29.2 Å². The largest absolute Gasteiger partial charge is 0.494 e. The summed E-state index contributed by atoms with van der Waals surface area (Å²) in [6.07, 6.45) is 0. The van der Waals surface area contributed by atoms with Crippen LogP contribution in [0.3, 0.4) is 0 Å². The van der Waals surface area contributed by atoms with Crippen LogP contribution in [0.4, 0.5) is 0 Å². The van der Waals surface area contributed by atoms with Crippen molar-refractivity contribution in [1.29, 1.82) is 0 Å². The molecule has 6 nitrogen and oxygen atoms in total. The molecule has 92 heavy (non-hydrogen) atoms. The normalized spacial score (nSPS) is 15.0. The number of hydrogen-bond acceptors (Lipinski definition) is 6. The van der Waals surface area contributed by atoms with Gasteiger partial charge in [-0.25, -0.2) is 19.9 Å². The van der Waals surface area contributed by atoms with Crippen LogP contribution in [0.5, 0.6) is 0 Å². The third kappa shape index (κ3) is 10.4. The van der Waals surface area contributed by atoms with E-state index >= 15 is 0 Å². The topological polar surface area (TPSA) is 70.0 Å². The zero-order valence-corrected chi connectivity index (χ0v) is 53.7. The molecule has 0 N–H and O–H groups in total. The van der Waals surface area contributed by atoms with Crippen LogP contribution < -0.4 is 5.46 Å². The Morgan fingerprint density at radius 3 is 1.15 bits per heavy atom. The summed E-state index contributed by atoms with van der Waals surface area (Å²) in [7, 11) is -0.325. The van der Waals surface area contributed by atoms with E-state index in [2.05, 4.69) is 231 Å². The highest BCUT2D eigenvalue weighted by Crippen LogP contribution is 2.52. The molecular formula is C84H68BClN4O2. The predicted octanol–water partition coefficient (Wildman–Crippen LogP) is 21.2. The minimum atomic E-state index is -0.327. The molecule has 0 bridgehead atoms. The van der Waals surface area contributed by atoms with Gasteiger partial charge >= 0.3 is 7.12 Å². The van der Waals surface area contributed by atoms with Gasteiger partial charge in [0.15, 0.2) is 11.6 Å². The first kappa shape index (κ1) is 58.5. The molecule has 0 unspecified atom stereocenters. The van der Waals surface area contributed by atoms with Gasteiger partial charge in [0.05, 0.1) is 33.6 Å². The van der Waals surface area contributed by atoms with Crippen molar-refractivity contribution in [3.8, 4) is 78.7 Å². The van der Waals surface area contributed by atoms with Crippen LogP contribution in [-0.2, 0) is 20.1 Å². The standard InChI is InChI=1S/C39H28N2.C25H27BO2.C20H13ClN2/c1-39(2)34-24-30(17-19-31(34)32-21-27-15-9-10-16-28(27)23-35(32)39)29-18-20-36-33(22-29)37(25-11-5-3-6-12-25)41-38(40-36)26-13-7-4-8-14-26;1-23(2)21-14-17-10-8-7-9-16(17)13-20(21)19-12-11-18(15-22(19)23)26-27-24(3,4)25(5,6)28-26;21-16-11-12-18-17(13-16)19(14-7-3-1-4-8-14)23-20(22-18)15-9-5-2-6-10-15/h3-24H,1-2H3;7-15H,1-6H3;1-13H. The van der Waals surface area contributed by atoms with E-state index in [1.165, 1.54) is 77.2 Å². The van der Waals surface area contributed by atoms with Crippen molar-refractivity contribution in [2.24, 2.45) is 0 Å². The van der Waals surface area contributed by atoms with E-state index in [4.69, 9.17) is 40.8 Å². The second kappa shape index (κ2) is 22.8.